The second kappa shape index (κ2) is 8.49. The van der Waals surface area contributed by atoms with Crippen LogP contribution >= 0.6 is 0 Å². The molecule has 0 bridgehead atoms. The summed E-state index contributed by atoms with van der Waals surface area (Å²) >= 11 is 0. The van der Waals surface area contributed by atoms with E-state index in [0.29, 0.717) is 18.4 Å². The van der Waals surface area contributed by atoms with Crippen LogP contribution in [0.4, 0.5) is 0 Å². The number of nitrogens with zero attached hydrogens (tertiary/aromatic N) is 3. The molecule has 1 aliphatic heterocycles. The number of likely N-dealkylation sites (tertiary alicyclic amines) is 1. The van der Waals surface area contributed by atoms with E-state index in [4.69, 9.17) is 0 Å². The molecule has 2 aromatic rings. The first kappa shape index (κ1) is 18.6. The Kier molecular flexibility index (Phi) is 6.09. The molecule has 26 heavy (non-hydrogen) atoms. The summed E-state index contributed by atoms with van der Waals surface area (Å²) in [5, 5.41) is 7.70. The van der Waals surface area contributed by atoms with Crippen LogP contribution in [0.15, 0.2) is 36.4 Å². The monoisotopic (exact) mass is 354 g/mol. The van der Waals surface area contributed by atoms with Gasteiger partial charge >= 0.3 is 0 Å². The molecule has 140 valence electrons. The van der Waals surface area contributed by atoms with Crippen LogP contribution in [0.3, 0.4) is 0 Å². The topological polar surface area (TPSA) is 52.2 Å². The molecule has 1 aromatic heterocycles. The normalized spacial score (nSPS) is 19.6. The van der Waals surface area contributed by atoms with E-state index in [1.165, 1.54) is 0 Å². The Balaban J connectivity index is 1.67. The van der Waals surface area contributed by atoms with Gasteiger partial charge in [-0.1, -0.05) is 37.3 Å². The lowest BCUT2D eigenvalue weighted by molar-refractivity contribution is -0.130. The maximum atomic E-state index is 12.3. The zero-order valence-corrected chi connectivity index (χ0v) is 16.1. The first-order chi connectivity index (χ1) is 12.6. The number of H-pyrrole nitrogens is 1. The van der Waals surface area contributed by atoms with Gasteiger partial charge in [-0.25, -0.2) is 0 Å². The highest BCUT2D eigenvalue weighted by atomic mass is 16.2. The fourth-order valence-corrected chi connectivity index (χ4v) is 3.78. The minimum atomic E-state index is 0.234. The zero-order chi connectivity index (χ0) is 18.5. The second-order valence-corrected chi connectivity index (χ2v) is 7.28. The van der Waals surface area contributed by atoms with Crippen LogP contribution in [0.1, 0.15) is 51.3 Å². The van der Waals surface area contributed by atoms with Crippen molar-refractivity contribution in [3.63, 3.8) is 0 Å². The number of aromatic nitrogens is 2. The van der Waals surface area contributed by atoms with Gasteiger partial charge in [-0.15, -0.1) is 0 Å². The minimum absolute atomic E-state index is 0.234. The first-order valence-corrected chi connectivity index (χ1v) is 9.70. The van der Waals surface area contributed by atoms with E-state index >= 15 is 0 Å². The number of benzene rings is 1. The first-order valence-electron chi connectivity index (χ1n) is 9.70. The van der Waals surface area contributed by atoms with Crippen molar-refractivity contribution in [3.8, 4) is 11.3 Å². The Morgan fingerprint density at radius 3 is 2.81 bits per heavy atom. The Morgan fingerprint density at radius 1 is 1.31 bits per heavy atom. The highest BCUT2D eigenvalue weighted by Gasteiger charge is 2.27. The molecule has 0 unspecified atom stereocenters. The molecule has 0 saturated carbocycles. The quantitative estimate of drug-likeness (QED) is 0.857. The maximum absolute atomic E-state index is 12.3. The molecule has 1 aromatic carbocycles. The van der Waals surface area contributed by atoms with E-state index in [2.05, 4.69) is 54.2 Å². The highest BCUT2D eigenvalue weighted by molar-refractivity contribution is 5.76. The Morgan fingerprint density at radius 2 is 2.08 bits per heavy atom. The van der Waals surface area contributed by atoms with Crippen molar-refractivity contribution < 1.29 is 4.79 Å². The number of amides is 1. The lowest BCUT2D eigenvalue weighted by Crippen LogP contribution is -2.35. The van der Waals surface area contributed by atoms with E-state index in [0.717, 1.165) is 49.3 Å². The van der Waals surface area contributed by atoms with Crippen LogP contribution in [0.5, 0.6) is 0 Å². The van der Waals surface area contributed by atoms with E-state index in [-0.39, 0.29) is 6.04 Å². The van der Waals surface area contributed by atoms with Gasteiger partial charge in [-0.2, -0.15) is 5.10 Å². The summed E-state index contributed by atoms with van der Waals surface area (Å²) in [4.78, 5) is 16.7. The van der Waals surface area contributed by atoms with Gasteiger partial charge in [-0.3, -0.25) is 14.8 Å². The third-order valence-electron chi connectivity index (χ3n) is 5.57. The van der Waals surface area contributed by atoms with Crippen LogP contribution in [-0.2, 0) is 4.79 Å². The van der Waals surface area contributed by atoms with Gasteiger partial charge in [0.15, 0.2) is 0 Å². The van der Waals surface area contributed by atoms with Gasteiger partial charge in [0.1, 0.15) is 0 Å². The number of nitrogens with one attached hydrogen (secondary N) is 1. The number of hydrogen-bond acceptors (Lipinski definition) is 3. The van der Waals surface area contributed by atoms with Crippen molar-refractivity contribution in [2.75, 3.05) is 20.1 Å². The van der Waals surface area contributed by atoms with Gasteiger partial charge in [-0.05, 0) is 39.3 Å². The molecule has 1 fully saturated rings. The zero-order valence-electron chi connectivity index (χ0n) is 16.1. The van der Waals surface area contributed by atoms with E-state index in [9.17, 15) is 4.79 Å². The molecule has 1 amide bonds. The van der Waals surface area contributed by atoms with Gasteiger partial charge in [0.25, 0.3) is 0 Å². The number of carbonyl (C=O) groups excluding carboxylic acids is 1. The summed E-state index contributed by atoms with van der Waals surface area (Å²) < 4.78 is 0. The van der Waals surface area contributed by atoms with Gasteiger partial charge in [0, 0.05) is 37.2 Å². The summed E-state index contributed by atoms with van der Waals surface area (Å²) in [5.74, 6) is 0.309. The molecule has 3 rings (SSSR count). The molecule has 1 N–H and O–H groups in total. The van der Waals surface area contributed by atoms with Gasteiger partial charge < -0.3 is 4.90 Å². The average Bonchev–Trinajstić information content (AvgIpc) is 3.09. The smallest absolute Gasteiger partial charge is 0.222 e. The maximum Gasteiger partial charge on any atom is 0.222 e. The molecule has 1 aliphatic rings. The van der Waals surface area contributed by atoms with E-state index < -0.39 is 0 Å². The fourth-order valence-electron chi connectivity index (χ4n) is 3.78. The summed E-state index contributed by atoms with van der Waals surface area (Å²) in [6, 6.07) is 13.0. The summed E-state index contributed by atoms with van der Waals surface area (Å²) in [6.45, 7) is 6.09. The largest absolute Gasteiger partial charge is 0.343 e. The molecular formula is C21H30N4O. The van der Waals surface area contributed by atoms with Crippen molar-refractivity contribution in [2.24, 2.45) is 0 Å². The molecule has 0 aliphatic carbocycles. The van der Waals surface area contributed by atoms with Crippen LogP contribution in [0, 0.1) is 0 Å². The van der Waals surface area contributed by atoms with Crippen molar-refractivity contribution >= 4 is 5.91 Å². The third kappa shape index (κ3) is 4.15. The molecule has 5 heteroatoms. The SMILES string of the molecule is CCCN1CC[C@@H](N(C)[C@@H](C)c2cc(-c3ccccc3)n[nH]2)CCC1=O. The van der Waals surface area contributed by atoms with Crippen molar-refractivity contribution in [1.82, 2.24) is 20.0 Å². The van der Waals surface area contributed by atoms with Gasteiger partial charge in [0.05, 0.1) is 11.4 Å². The van der Waals surface area contributed by atoms with Crippen LogP contribution in [0.25, 0.3) is 11.3 Å². The summed E-state index contributed by atoms with van der Waals surface area (Å²) in [7, 11) is 2.17. The molecule has 5 nitrogen and oxygen atoms in total. The Hall–Kier alpha value is -2.14. The van der Waals surface area contributed by atoms with Crippen LogP contribution < -0.4 is 0 Å². The third-order valence-corrected chi connectivity index (χ3v) is 5.57. The number of carbonyl (C=O) groups is 1. The van der Waals surface area contributed by atoms with Crippen molar-refractivity contribution in [3.05, 3.63) is 42.1 Å². The highest BCUT2D eigenvalue weighted by Crippen LogP contribution is 2.27. The standard InChI is InChI=1S/C21H30N4O/c1-4-13-25-14-12-18(10-11-21(25)26)24(3)16(2)19-15-20(23-22-19)17-8-6-5-7-9-17/h5-9,15-16,18H,4,10-14H2,1-3H3,(H,22,23)/t16-,18-/m0/s1. The van der Waals surface area contributed by atoms with Gasteiger partial charge in [0.2, 0.25) is 5.91 Å². The lowest BCUT2D eigenvalue weighted by Gasteiger charge is -2.32. The molecule has 0 spiro atoms. The molecular weight excluding hydrogens is 324 g/mol. The Bertz CT molecular complexity index is 712. The molecule has 2 heterocycles. The minimum Gasteiger partial charge on any atom is -0.343 e. The van der Waals surface area contributed by atoms with E-state index in [1.807, 2.05) is 23.1 Å². The molecule has 1 saturated heterocycles. The lowest BCUT2D eigenvalue weighted by atomic mass is 10.0. The molecule has 0 radical (unpaired) electrons. The predicted molar refractivity (Wildman–Crippen MR) is 105 cm³/mol. The summed E-state index contributed by atoms with van der Waals surface area (Å²) in [6.07, 6.45) is 3.64. The fraction of sp³-hybridized carbons (Fsp3) is 0.524. The van der Waals surface area contributed by atoms with Crippen molar-refractivity contribution in [1.29, 1.82) is 0 Å². The predicted octanol–water partition coefficient (Wildman–Crippen LogP) is 3.86. The number of aromatic amines is 1. The van der Waals surface area contributed by atoms with Crippen molar-refractivity contribution in [2.45, 2.75) is 51.6 Å². The van der Waals surface area contributed by atoms with E-state index in [1.54, 1.807) is 0 Å². The van der Waals surface area contributed by atoms with Crippen LogP contribution in [0.2, 0.25) is 0 Å². The summed E-state index contributed by atoms with van der Waals surface area (Å²) in [5.41, 5.74) is 3.22. The average molecular weight is 354 g/mol. The van der Waals surface area contributed by atoms with Crippen LogP contribution in [-0.4, -0.2) is 52.1 Å². The molecule has 2 atom stereocenters. The second-order valence-electron chi connectivity index (χ2n) is 7.28. The number of rotatable bonds is 6. The number of hydrogen-bond donors (Lipinski definition) is 1. The Labute approximate surface area is 156 Å².